The molecular formula is C33H20O3S6. The number of benzene rings is 1. The monoisotopic (exact) mass is 656 g/mol. The number of fused-ring (bicyclic) bond motifs is 5. The van der Waals surface area contributed by atoms with E-state index in [0.29, 0.717) is 11.5 Å². The Bertz CT molecular complexity index is 2140. The van der Waals surface area contributed by atoms with Gasteiger partial charge in [0.1, 0.15) is 0 Å². The van der Waals surface area contributed by atoms with Crippen LogP contribution < -0.4 is 14.9 Å². The van der Waals surface area contributed by atoms with Gasteiger partial charge in [0, 0.05) is 49.8 Å². The molecule has 8 aromatic rings. The SMILES string of the molecule is COc1cc2c3cc(-c4ccc(-c5cccs5)s4)sc3c(=O)c3sc(-c4ccc(-c5cccs5)s4)cc3c2cc1OC. The van der Waals surface area contributed by atoms with Crippen molar-refractivity contribution in [3.63, 3.8) is 0 Å². The van der Waals surface area contributed by atoms with Gasteiger partial charge in [-0.05, 0) is 82.2 Å². The molecule has 0 unspecified atom stereocenters. The predicted molar refractivity (Wildman–Crippen MR) is 187 cm³/mol. The van der Waals surface area contributed by atoms with Crippen molar-refractivity contribution in [3.05, 3.63) is 93.8 Å². The Kier molecular flexibility index (Phi) is 6.55. The van der Waals surface area contributed by atoms with Crippen molar-refractivity contribution in [2.24, 2.45) is 0 Å². The second-order valence-electron chi connectivity index (χ2n) is 9.57. The van der Waals surface area contributed by atoms with Gasteiger partial charge in [-0.1, -0.05) is 12.1 Å². The maximum absolute atomic E-state index is 14.3. The van der Waals surface area contributed by atoms with Crippen LogP contribution in [0.2, 0.25) is 0 Å². The molecule has 0 saturated carbocycles. The van der Waals surface area contributed by atoms with Crippen LogP contribution in [-0.2, 0) is 0 Å². The Morgan fingerprint density at radius 1 is 0.476 bits per heavy atom. The molecule has 2 aromatic carbocycles. The average Bonchev–Trinajstić information content (AvgIpc) is 3.83. The van der Waals surface area contributed by atoms with Crippen molar-refractivity contribution in [3.8, 4) is 50.5 Å². The average molecular weight is 657 g/mol. The van der Waals surface area contributed by atoms with E-state index in [2.05, 4.69) is 71.4 Å². The fraction of sp³-hybridized carbons (Fsp3) is 0.0606. The summed E-state index contributed by atoms with van der Waals surface area (Å²) in [5.41, 5.74) is 0.0757. The number of thiophene rings is 6. The third-order valence-corrected chi connectivity index (χ3v) is 14.2. The first-order valence-electron chi connectivity index (χ1n) is 13.0. The second-order valence-corrected chi connectivity index (χ2v) is 15.7. The summed E-state index contributed by atoms with van der Waals surface area (Å²) in [4.78, 5) is 23.9. The molecule has 0 fully saturated rings. The van der Waals surface area contributed by atoms with Crippen LogP contribution in [0.3, 0.4) is 0 Å². The molecule has 6 aromatic heterocycles. The molecule has 0 radical (unpaired) electrons. The Morgan fingerprint density at radius 3 is 1.29 bits per heavy atom. The molecule has 0 aliphatic carbocycles. The molecule has 0 aliphatic heterocycles. The molecule has 0 bridgehead atoms. The molecular weight excluding hydrogens is 637 g/mol. The normalized spacial score (nSPS) is 11.7. The molecule has 0 amide bonds. The van der Waals surface area contributed by atoms with Crippen molar-refractivity contribution in [1.82, 2.24) is 0 Å². The van der Waals surface area contributed by atoms with Gasteiger partial charge in [-0.2, -0.15) is 0 Å². The third-order valence-electron chi connectivity index (χ3n) is 7.21. The summed E-state index contributed by atoms with van der Waals surface area (Å²) in [5, 5.41) is 8.08. The number of methoxy groups -OCH3 is 2. The number of hydrogen-bond acceptors (Lipinski definition) is 9. The van der Waals surface area contributed by atoms with Crippen LogP contribution >= 0.6 is 68.0 Å². The summed E-state index contributed by atoms with van der Waals surface area (Å²) in [6.07, 6.45) is 0. The quantitative estimate of drug-likeness (QED) is 0.179. The van der Waals surface area contributed by atoms with E-state index in [4.69, 9.17) is 9.47 Å². The predicted octanol–water partition coefficient (Wildman–Crippen LogP) is 11.6. The van der Waals surface area contributed by atoms with Crippen LogP contribution in [0, 0.1) is 0 Å². The van der Waals surface area contributed by atoms with Gasteiger partial charge in [0.25, 0.3) is 0 Å². The lowest BCUT2D eigenvalue weighted by Crippen LogP contribution is -1.92. The first-order valence-corrected chi connectivity index (χ1v) is 18.0. The zero-order chi connectivity index (χ0) is 28.4. The Morgan fingerprint density at radius 2 is 0.905 bits per heavy atom. The molecule has 0 aliphatic rings. The topological polar surface area (TPSA) is 35.5 Å². The molecule has 0 atom stereocenters. The highest BCUT2D eigenvalue weighted by molar-refractivity contribution is 7.30. The minimum atomic E-state index is 0.0757. The van der Waals surface area contributed by atoms with Gasteiger partial charge in [-0.15, -0.1) is 68.0 Å². The van der Waals surface area contributed by atoms with Crippen LogP contribution in [0.5, 0.6) is 11.5 Å². The molecule has 0 spiro atoms. The van der Waals surface area contributed by atoms with Gasteiger partial charge in [-0.25, -0.2) is 0 Å². The van der Waals surface area contributed by atoms with Gasteiger partial charge in [0.05, 0.1) is 23.6 Å². The lowest BCUT2D eigenvalue weighted by Gasteiger charge is -2.09. The van der Waals surface area contributed by atoms with Crippen LogP contribution in [0.4, 0.5) is 0 Å². The third kappa shape index (κ3) is 4.26. The summed E-state index contributed by atoms with van der Waals surface area (Å²) >= 11 is 10.2. The van der Waals surface area contributed by atoms with E-state index in [0.717, 1.165) is 50.5 Å². The van der Waals surface area contributed by atoms with Crippen LogP contribution in [0.25, 0.3) is 70.0 Å². The Labute approximate surface area is 265 Å². The summed E-state index contributed by atoms with van der Waals surface area (Å²) in [6.45, 7) is 0. The lowest BCUT2D eigenvalue weighted by molar-refractivity contribution is 0.356. The van der Waals surface area contributed by atoms with Gasteiger partial charge < -0.3 is 9.47 Å². The largest absolute Gasteiger partial charge is 0.493 e. The smallest absolute Gasteiger partial charge is 0.214 e. The molecule has 206 valence electrons. The molecule has 0 N–H and O–H groups in total. The lowest BCUT2D eigenvalue weighted by atomic mass is 10.1. The highest BCUT2D eigenvalue weighted by Gasteiger charge is 2.20. The number of rotatable bonds is 6. The van der Waals surface area contributed by atoms with E-state index < -0.39 is 0 Å². The van der Waals surface area contributed by atoms with E-state index >= 15 is 0 Å². The number of hydrogen-bond donors (Lipinski definition) is 0. The Hall–Kier alpha value is -3.31. The van der Waals surface area contributed by atoms with Crippen LogP contribution in [-0.4, -0.2) is 14.2 Å². The van der Waals surface area contributed by atoms with Gasteiger partial charge in [-0.3, -0.25) is 4.79 Å². The van der Waals surface area contributed by atoms with E-state index in [1.165, 1.54) is 19.5 Å². The maximum atomic E-state index is 14.3. The summed E-state index contributed by atoms with van der Waals surface area (Å²) in [7, 11) is 3.31. The first-order chi connectivity index (χ1) is 20.6. The number of ether oxygens (including phenoxy) is 2. The molecule has 0 saturated heterocycles. The molecule has 3 nitrogen and oxygen atoms in total. The standard InChI is InChI=1S/C33H20O3S6/c1-35-21-13-17-18(14-22(21)36-2)20-16-30(28-10-8-26(40-28)24-6-4-12-38-24)42-33(20)31(34)32-19(17)15-29(41-32)27-9-7-25(39-27)23-5-3-11-37-23/h3-16H,1-2H3. The van der Waals surface area contributed by atoms with Crippen molar-refractivity contribution < 1.29 is 9.47 Å². The fourth-order valence-corrected chi connectivity index (χ4v) is 11.4. The molecule has 8 rings (SSSR count). The molecule has 42 heavy (non-hydrogen) atoms. The zero-order valence-corrected chi connectivity index (χ0v) is 27.2. The minimum absolute atomic E-state index is 0.0757. The molecule has 9 heteroatoms. The van der Waals surface area contributed by atoms with Crippen molar-refractivity contribution in [2.75, 3.05) is 14.2 Å². The van der Waals surface area contributed by atoms with E-state index in [1.807, 2.05) is 12.1 Å². The van der Waals surface area contributed by atoms with Crippen LogP contribution in [0.15, 0.2) is 88.4 Å². The molecule has 6 heterocycles. The summed E-state index contributed by atoms with van der Waals surface area (Å²) in [6, 6.07) is 25.5. The Balaban J connectivity index is 1.39. The van der Waals surface area contributed by atoms with Gasteiger partial charge in [0.2, 0.25) is 5.43 Å². The maximum Gasteiger partial charge on any atom is 0.214 e. The van der Waals surface area contributed by atoms with Crippen molar-refractivity contribution >= 4 is 99.0 Å². The van der Waals surface area contributed by atoms with E-state index in [9.17, 15) is 4.79 Å². The minimum Gasteiger partial charge on any atom is -0.493 e. The zero-order valence-electron chi connectivity index (χ0n) is 22.3. The first kappa shape index (κ1) is 26.3. The fourth-order valence-electron chi connectivity index (χ4n) is 5.23. The highest BCUT2D eigenvalue weighted by atomic mass is 32.1. The van der Waals surface area contributed by atoms with Gasteiger partial charge in [0.15, 0.2) is 11.5 Å². The van der Waals surface area contributed by atoms with Crippen LogP contribution in [0.1, 0.15) is 0 Å². The summed E-state index contributed by atoms with van der Waals surface area (Å²) < 4.78 is 13.0. The van der Waals surface area contributed by atoms with Crippen molar-refractivity contribution in [2.45, 2.75) is 0 Å². The highest BCUT2D eigenvalue weighted by Crippen LogP contribution is 2.47. The van der Waals surface area contributed by atoms with Gasteiger partial charge >= 0.3 is 0 Å². The van der Waals surface area contributed by atoms with E-state index in [-0.39, 0.29) is 5.43 Å². The van der Waals surface area contributed by atoms with Crippen molar-refractivity contribution in [1.29, 1.82) is 0 Å². The second kappa shape index (κ2) is 10.4. The van der Waals surface area contributed by atoms with E-state index in [1.54, 1.807) is 82.2 Å². The summed E-state index contributed by atoms with van der Waals surface area (Å²) in [5.74, 6) is 1.30.